The minimum absolute atomic E-state index is 0.230. The molecule has 2 aromatic rings. The van der Waals surface area contributed by atoms with Crippen LogP contribution < -0.4 is 4.74 Å². The molecule has 1 N–H and O–H groups in total. The van der Waals surface area contributed by atoms with Crippen molar-refractivity contribution in [2.24, 2.45) is 0 Å². The molecule has 0 saturated carbocycles. The van der Waals surface area contributed by atoms with Crippen LogP contribution in [0.15, 0.2) is 34.7 Å². The molecule has 2 atom stereocenters. The largest absolute Gasteiger partial charge is 0.491 e. The number of aryl methyl sites for hydroxylation is 2. The number of rotatable bonds is 9. The number of ether oxygens (including phenoxy) is 2. The van der Waals surface area contributed by atoms with Crippen LogP contribution >= 0.6 is 0 Å². The fourth-order valence-corrected chi connectivity index (χ4v) is 3.49. The van der Waals surface area contributed by atoms with Gasteiger partial charge in [-0.15, -0.1) is 0 Å². The van der Waals surface area contributed by atoms with Crippen LogP contribution in [0.2, 0.25) is 0 Å². The Morgan fingerprint density at radius 1 is 1.22 bits per heavy atom. The van der Waals surface area contributed by atoms with E-state index in [2.05, 4.69) is 17.9 Å². The number of hydrogen-bond donors (Lipinski definition) is 1. The minimum atomic E-state index is -0.581. The van der Waals surface area contributed by atoms with Crippen LogP contribution in [-0.4, -0.2) is 48.5 Å². The smallest absolute Gasteiger partial charge is 0.122 e. The molecule has 0 amide bonds. The lowest BCUT2D eigenvalue weighted by atomic mass is 10.1. The Labute approximate surface area is 161 Å². The molecule has 1 saturated heterocycles. The van der Waals surface area contributed by atoms with E-state index in [1.807, 2.05) is 38.1 Å². The van der Waals surface area contributed by atoms with E-state index in [9.17, 15) is 5.11 Å². The average molecular weight is 373 g/mol. The van der Waals surface area contributed by atoms with Gasteiger partial charge in [0.2, 0.25) is 0 Å². The topological polar surface area (TPSA) is 55.1 Å². The Balaban J connectivity index is 1.57. The summed E-state index contributed by atoms with van der Waals surface area (Å²) in [7, 11) is 0. The van der Waals surface area contributed by atoms with Crippen molar-refractivity contribution in [1.29, 1.82) is 0 Å². The molecule has 0 aliphatic carbocycles. The molecule has 0 bridgehead atoms. The van der Waals surface area contributed by atoms with Crippen LogP contribution in [0, 0.1) is 20.8 Å². The molecular weight excluding hydrogens is 342 g/mol. The summed E-state index contributed by atoms with van der Waals surface area (Å²) in [5.41, 5.74) is 2.31. The molecule has 1 aliphatic rings. The van der Waals surface area contributed by atoms with Crippen molar-refractivity contribution < 1.29 is 19.0 Å². The first-order valence-corrected chi connectivity index (χ1v) is 9.77. The van der Waals surface area contributed by atoms with Gasteiger partial charge in [-0.3, -0.25) is 4.90 Å². The number of hydrogen-bond acceptors (Lipinski definition) is 5. The first-order chi connectivity index (χ1) is 13.0. The lowest BCUT2D eigenvalue weighted by Crippen LogP contribution is -2.39. The number of furan rings is 1. The second-order valence-electron chi connectivity index (χ2n) is 7.50. The summed E-state index contributed by atoms with van der Waals surface area (Å²) >= 11 is 0. The summed E-state index contributed by atoms with van der Waals surface area (Å²) in [6.07, 6.45) is 1.83. The van der Waals surface area contributed by atoms with Gasteiger partial charge in [0.15, 0.2) is 0 Å². The molecule has 1 aliphatic heterocycles. The highest BCUT2D eigenvalue weighted by Gasteiger charge is 2.22. The SMILES string of the molecule is Cc1ccc(CN(CC(O)COc2cccc(C)c2C)CC2CCCO2)o1. The van der Waals surface area contributed by atoms with Gasteiger partial charge in [0.1, 0.15) is 30.0 Å². The van der Waals surface area contributed by atoms with E-state index in [4.69, 9.17) is 13.9 Å². The molecule has 3 rings (SSSR count). The average Bonchev–Trinajstić information content (AvgIpc) is 3.28. The molecule has 148 valence electrons. The van der Waals surface area contributed by atoms with E-state index < -0.39 is 6.10 Å². The minimum Gasteiger partial charge on any atom is -0.491 e. The van der Waals surface area contributed by atoms with Crippen molar-refractivity contribution in [3.8, 4) is 5.75 Å². The van der Waals surface area contributed by atoms with Crippen molar-refractivity contribution in [2.75, 3.05) is 26.3 Å². The molecule has 0 radical (unpaired) electrons. The predicted octanol–water partition coefficient (Wildman–Crippen LogP) is 3.63. The fourth-order valence-electron chi connectivity index (χ4n) is 3.49. The van der Waals surface area contributed by atoms with E-state index in [0.29, 0.717) is 13.1 Å². The van der Waals surface area contributed by atoms with Crippen LogP contribution in [0.4, 0.5) is 0 Å². The fraction of sp³-hybridized carbons (Fsp3) is 0.545. The zero-order valence-electron chi connectivity index (χ0n) is 16.6. The summed E-state index contributed by atoms with van der Waals surface area (Å²) in [5, 5.41) is 10.6. The number of benzene rings is 1. The van der Waals surface area contributed by atoms with Crippen molar-refractivity contribution in [1.82, 2.24) is 4.90 Å². The maximum atomic E-state index is 10.6. The van der Waals surface area contributed by atoms with Gasteiger partial charge in [0, 0.05) is 19.7 Å². The Morgan fingerprint density at radius 3 is 2.78 bits per heavy atom. The Kier molecular flexibility index (Phi) is 6.94. The van der Waals surface area contributed by atoms with E-state index in [1.54, 1.807) is 0 Å². The summed E-state index contributed by atoms with van der Waals surface area (Å²) in [4.78, 5) is 2.20. The highest BCUT2D eigenvalue weighted by Crippen LogP contribution is 2.21. The van der Waals surface area contributed by atoms with Gasteiger partial charge in [-0.1, -0.05) is 12.1 Å². The van der Waals surface area contributed by atoms with Gasteiger partial charge < -0.3 is 19.0 Å². The van der Waals surface area contributed by atoms with Gasteiger partial charge >= 0.3 is 0 Å². The van der Waals surface area contributed by atoms with Gasteiger partial charge in [-0.2, -0.15) is 0 Å². The Hall–Kier alpha value is -1.82. The van der Waals surface area contributed by atoms with Crippen LogP contribution in [0.1, 0.15) is 35.5 Å². The van der Waals surface area contributed by atoms with Crippen LogP contribution in [0.5, 0.6) is 5.75 Å². The quantitative estimate of drug-likeness (QED) is 0.727. The second-order valence-corrected chi connectivity index (χ2v) is 7.50. The number of nitrogens with zero attached hydrogens (tertiary/aromatic N) is 1. The first kappa shape index (κ1) is 19.9. The third-order valence-electron chi connectivity index (χ3n) is 5.12. The number of aliphatic hydroxyl groups is 1. The van der Waals surface area contributed by atoms with Crippen molar-refractivity contribution in [2.45, 2.75) is 52.4 Å². The molecule has 1 aromatic heterocycles. The normalized spacial score (nSPS) is 18.2. The molecule has 1 fully saturated rings. The highest BCUT2D eigenvalue weighted by atomic mass is 16.5. The molecule has 5 heteroatoms. The van der Waals surface area contributed by atoms with Crippen molar-refractivity contribution in [3.05, 3.63) is 53.0 Å². The maximum absolute atomic E-state index is 10.6. The molecule has 27 heavy (non-hydrogen) atoms. The third-order valence-corrected chi connectivity index (χ3v) is 5.12. The lowest BCUT2D eigenvalue weighted by Gasteiger charge is -2.26. The van der Waals surface area contributed by atoms with Crippen LogP contribution in [-0.2, 0) is 11.3 Å². The molecule has 5 nitrogen and oxygen atoms in total. The zero-order valence-corrected chi connectivity index (χ0v) is 16.6. The van der Waals surface area contributed by atoms with Crippen molar-refractivity contribution in [3.63, 3.8) is 0 Å². The zero-order chi connectivity index (χ0) is 19.2. The summed E-state index contributed by atoms with van der Waals surface area (Å²) in [6.45, 7) is 9.12. The van der Waals surface area contributed by atoms with E-state index >= 15 is 0 Å². The van der Waals surface area contributed by atoms with E-state index in [1.165, 1.54) is 5.56 Å². The molecule has 1 aromatic carbocycles. The lowest BCUT2D eigenvalue weighted by molar-refractivity contribution is 0.0289. The Bertz CT molecular complexity index is 721. The maximum Gasteiger partial charge on any atom is 0.122 e. The molecule has 2 unspecified atom stereocenters. The Morgan fingerprint density at radius 2 is 2.07 bits per heavy atom. The van der Waals surface area contributed by atoms with Gasteiger partial charge in [0.05, 0.1) is 12.6 Å². The standard InChI is InChI=1S/C22H31NO4/c1-16-6-4-8-22(18(16)3)26-15-19(24)12-23(13-20-7-5-11-25-20)14-21-10-9-17(2)27-21/h4,6,8-10,19-20,24H,5,7,11-15H2,1-3H3. The van der Waals surface area contributed by atoms with Crippen LogP contribution in [0.3, 0.4) is 0 Å². The van der Waals surface area contributed by atoms with Crippen molar-refractivity contribution >= 4 is 0 Å². The predicted molar refractivity (Wildman–Crippen MR) is 105 cm³/mol. The first-order valence-electron chi connectivity index (χ1n) is 9.77. The summed E-state index contributed by atoms with van der Waals surface area (Å²) in [6, 6.07) is 9.96. The van der Waals surface area contributed by atoms with Gasteiger partial charge in [-0.25, -0.2) is 0 Å². The van der Waals surface area contributed by atoms with Gasteiger partial charge in [-0.05, 0) is 62.9 Å². The van der Waals surface area contributed by atoms with E-state index in [0.717, 1.165) is 48.8 Å². The van der Waals surface area contributed by atoms with E-state index in [-0.39, 0.29) is 12.7 Å². The molecule has 2 heterocycles. The van der Waals surface area contributed by atoms with Gasteiger partial charge in [0.25, 0.3) is 0 Å². The monoisotopic (exact) mass is 373 g/mol. The summed E-state index contributed by atoms with van der Waals surface area (Å²) in [5.74, 6) is 2.65. The van der Waals surface area contributed by atoms with Crippen LogP contribution in [0.25, 0.3) is 0 Å². The highest BCUT2D eigenvalue weighted by molar-refractivity contribution is 5.38. The summed E-state index contributed by atoms with van der Waals surface area (Å²) < 4.78 is 17.4. The molecule has 0 spiro atoms. The second kappa shape index (κ2) is 9.40. The molecular formula is C22H31NO4. The third kappa shape index (κ3) is 5.83. The number of aliphatic hydroxyl groups excluding tert-OH is 1.